The van der Waals surface area contributed by atoms with Gasteiger partial charge in [-0.25, -0.2) is 9.07 Å². The summed E-state index contributed by atoms with van der Waals surface area (Å²) in [5, 5.41) is 8.39. The van der Waals surface area contributed by atoms with Crippen molar-refractivity contribution in [2.75, 3.05) is 6.54 Å². The Morgan fingerprint density at radius 3 is 2.83 bits per heavy atom. The molecule has 1 aromatic carbocycles. The molecule has 24 heavy (non-hydrogen) atoms. The number of benzene rings is 1. The largest absolute Gasteiger partial charge is 0.313 e. The van der Waals surface area contributed by atoms with Crippen molar-refractivity contribution < 1.29 is 4.39 Å². The molecule has 4 heteroatoms. The highest BCUT2D eigenvalue weighted by atomic mass is 19.1. The van der Waals surface area contributed by atoms with Gasteiger partial charge in [0.15, 0.2) is 0 Å². The minimum atomic E-state index is -0.201. The number of aromatic nitrogens is 2. The number of rotatable bonds is 4. The molecule has 1 unspecified atom stereocenters. The lowest BCUT2D eigenvalue weighted by Crippen LogP contribution is -2.46. The predicted molar refractivity (Wildman–Crippen MR) is 93.8 cm³/mol. The molecule has 3 atom stereocenters. The van der Waals surface area contributed by atoms with Crippen LogP contribution < -0.4 is 5.32 Å². The number of nitrogens with zero attached hydrogens (tertiary/aromatic N) is 2. The van der Waals surface area contributed by atoms with Gasteiger partial charge in [-0.1, -0.05) is 13.8 Å². The minimum absolute atomic E-state index is 0.201. The van der Waals surface area contributed by atoms with Crippen molar-refractivity contribution in [2.45, 2.75) is 52.0 Å². The van der Waals surface area contributed by atoms with Crippen LogP contribution in [0.25, 0.3) is 5.69 Å². The standard InChI is InChI=1S/C20H26FN3/c1-3-10-22-19-9-4-15-11-18-14(12-20(15,19)2)13-23-24(18)17-7-5-16(21)6-8-17/h5-8,13,15,19,22H,3-4,9-12H2,1-2H3/t15?,19-,20-/m0/s1. The van der Waals surface area contributed by atoms with Crippen molar-refractivity contribution in [3.8, 4) is 5.69 Å². The van der Waals surface area contributed by atoms with Crippen LogP contribution >= 0.6 is 0 Å². The molecule has 0 radical (unpaired) electrons. The van der Waals surface area contributed by atoms with Crippen molar-refractivity contribution in [2.24, 2.45) is 11.3 Å². The minimum Gasteiger partial charge on any atom is -0.313 e. The van der Waals surface area contributed by atoms with Crippen LogP contribution in [0, 0.1) is 17.2 Å². The average Bonchev–Trinajstić information content (AvgIpc) is 3.11. The smallest absolute Gasteiger partial charge is 0.123 e. The number of hydrogen-bond donors (Lipinski definition) is 1. The highest BCUT2D eigenvalue weighted by Gasteiger charge is 2.49. The molecule has 1 saturated carbocycles. The lowest BCUT2D eigenvalue weighted by molar-refractivity contribution is 0.163. The third kappa shape index (κ3) is 2.48. The van der Waals surface area contributed by atoms with E-state index in [1.165, 1.54) is 42.7 Å². The maximum absolute atomic E-state index is 13.2. The van der Waals surface area contributed by atoms with Gasteiger partial charge in [0.25, 0.3) is 0 Å². The van der Waals surface area contributed by atoms with Gasteiger partial charge in [-0.3, -0.25) is 0 Å². The van der Waals surface area contributed by atoms with Crippen LogP contribution in [-0.4, -0.2) is 22.4 Å². The van der Waals surface area contributed by atoms with E-state index in [4.69, 9.17) is 0 Å². The first-order valence-corrected chi connectivity index (χ1v) is 9.17. The molecule has 1 aromatic heterocycles. The fourth-order valence-corrected chi connectivity index (χ4v) is 4.79. The van der Waals surface area contributed by atoms with Gasteiger partial charge in [-0.15, -0.1) is 0 Å². The van der Waals surface area contributed by atoms with Gasteiger partial charge in [0, 0.05) is 11.7 Å². The van der Waals surface area contributed by atoms with Crippen LogP contribution in [0.2, 0.25) is 0 Å². The monoisotopic (exact) mass is 327 g/mol. The van der Waals surface area contributed by atoms with Crippen LogP contribution in [0.4, 0.5) is 4.39 Å². The Labute approximate surface area is 143 Å². The third-order valence-corrected chi connectivity index (χ3v) is 6.21. The summed E-state index contributed by atoms with van der Waals surface area (Å²) in [4.78, 5) is 0. The van der Waals surface area contributed by atoms with E-state index in [9.17, 15) is 4.39 Å². The highest BCUT2D eigenvalue weighted by Crippen LogP contribution is 2.50. The van der Waals surface area contributed by atoms with Crippen LogP contribution in [0.15, 0.2) is 30.5 Å². The van der Waals surface area contributed by atoms with Crippen LogP contribution in [0.5, 0.6) is 0 Å². The Kier molecular flexibility index (Phi) is 3.95. The zero-order valence-corrected chi connectivity index (χ0v) is 14.6. The maximum atomic E-state index is 13.2. The number of hydrogen-bond acceptors (Lipinski definition) is 2. The third-order valence-electron chi connectivity index (χ3n) is 6.21. The second kappa shape index (κ2) is 5.99. The molecular formula is C20H26FN3. The Bertz CT molecular complexity index is 721. The average molecular weight is 327 g/mol. The van der Waals surface area contributed by atoms with Crippen molar-refractivity contribution >= 4 is 0 Å². The molecule has 2 aromatic rings. The molecule has 3 nitrogen and oxygen atoms in total. The summed E-state index contributed by atoms with van der Waals surface area (Å²) < 4.78 is 15.2. The molecule has 128 valence electrons. The second-order valence-electron chi connectivity index (χ2n) is 7.67. The van der Waals surface area contributed by atoms with E-state index in [-0.39, 0.29) is 5.82 Å². The molecule has 1 fully saturated rings. The topological polar surface area (TPSA) is 29.9 Å². The molecule has 0 amide bonds. The molecule has 0 saturated heterocycles. The van der Waals surface area contributed by atoms with Crippen LogP contribution in [0.1, 0.15) is 44.4 Å². The van der Waals surface area contributed by atoms with Gasteiger partial charge < -0.3 is 5.32 Å². The summed E-state index contributed by atoms with van der Waals surface area (Å²) in [6, 6.07) is 7.27. The molecule has 0 spiro atoms. The van der Waals surface area contributed by atoms with E-state index in [1.807, 2.05) is 23.0 Å². The quantitative estimate of drug-likeness (QED) is 0.923. The van der Waals surface area contributed by atoms with E-state index in [0.717, 1.165) is 25.1 Å². The summed E-state index contributed by atoms with van der Waals surface area (Å²) in [7, 11) is 0. The highest BCUT2D eigenvalue weighted by molar-refractivity contribution is 5.37. The van der Waals surface area contributed by atoms with Gasteiger partial charge in [0.05, 0.1) is 11.9 Å². The van der Waals surface area contributed by atoms with Crippen molar-refractivity contribution in [3.05, 3.63) is 47.5 Å². The van der Waals surface area contributed by atoms with E-state index >= 15 is 0 Å². The Morgan fingerprint density at radius 1 is 1.29 bits per heavy atom. The Hall–Kier alpha value is -1.68. The second-order valence-corrected chi connectivity index (χ2v) is 7.67. The fourth-order valence-electron chi connectivity index (χ4n) is 4.79. The fraction of sp³-hybridized carbons (Fsp3) is 0.550. The molecule has 0 aliphatic heterocycles. The molecule has 4 rings (SSSR count). The first-order valence-electron chi connectivity index (χ1n) is 9.17. The molecule has 2 aliphatic carbocycles. The van der Waals surface area contributed by atoms with E-state index in [0.29, 0.717) is 17.4 Å². The first kappa shape index (κ1) is 15.8. The van der Waals surface area contributed by atoms with E-state index < -0.39 is 0 Å². The van der Waals surface area contributed by atoms with E-state index in [2.05, 4.69) is 24.3 Å². The molecule has 1 N–H and O–H groups in total. The maximum Gasteiger partial charge on any atom is 0.123 e. The SMILES string of the molecule is CCCN[C@H]1CCC2Cc3c(cnn3-c3ccc(F)cc3)C[C@@]21C. The Balaban J connectivity index is 1.64. The van der Waals surface area contributed by atoms with Crippen molar-refractivity contribution in [3.63, 3.8) is 0 Å². The van der Waals surface area contributed by atoms with Gasteiger partial charge in [-0.05, 0) is 79.8 Å². The predicted octanol–water partition coefficient (Wildman–Crippen LogP) is 3.89. The van der Waals surface area contributed by atoms with Gasteiger partial charge in [-0.2, -0.15) is 5.10 Å². The van der Waals surface area contributed by atoms with Crippen LogP contribution in [0.3, 0.4) is 0 Å². The van der Waals surface area contributed by atoms with Crippen LogP contribution in [-0.2, 0) is 12.8 Å². The van der Waals surface area contributed by atoms with E-state index in [1.54, 1.807) is 0 Å². The zero-order valence-electron chi connectivity index (χ0n) is 14.6. The van der Waals surface area contributed by atoms with Crippen molar-refractivity contribution in [1.82, 2.24) is 15.1 Å². The van der Waals surface area contributed by atoms with Crippen molar-refractivity contribution in [1.29, 1.82) is 0 Å². The Morgan fingerprint density at radius 2 is 2.08 bits per heavy atom. The lowest BCUT2D eigenvalue weighted by atomic mass is 9.67. The molecule has 0 bridgehead atoms. The van der Waals surface area contributed by atoms with Gasteiger partial charge in [0.1, 0.15) is 5.82 Å². The van der Waals surface area contributed by atoms with Gasteiger partial charge >= 0.3 is 0 Å². The lowest BCUT2D eigenvalue weighted by Gasteiger charge is -2.41. The summed E-state index contributed by atoms with van der Waals surface area (Å²) in [6.07, 6.45) is 7.94. The summed E-state index contributed by atoms with van der Waals surface area (Å²) in [5.41, 5.74) is 3.97. The summed E-state index contributed by atoms with van der Waals surface area (Å²) in [5.74, 6) is 0.503. The zero-order chi connectivity index (χ0) is 16.7. The van der Waals surface area contributed by atoms with Gasteiger partial charge in [0.2, 0.25) is 0 Å². The first-order chi connectivity index (χ1) is 11.6. The molecule has 1 heterocycles. The summed E-state index contributed by atoms with van der Waals surface area (Å²) in [6.45, 7) is 5.79. The molecular weight excluding hydrogens is 301 g/mol. The number of nitrogens with one attached hydrogen (secondary N) is 1. The summed E-state index contributed by atoms with van der Waals surface area (Å²) >= 11 is 0. The number of fused-ring (bicyclic) bond motifs is 2. The molecule has 2 aliphatic rings. The number of halogens is 1. The normalized spacial score (nSPS) is 28.6.